The van der Waals surface area contributed by atoms with E-state index in [2.05, 4.69) is 35.5 Å². The molecule has 2 rings (SSSR count). The quantitative estimate of drug-likeness (QED) is 0.587. The summed E-state index contributed by atoms with van der Waals surface area (Å²) in [6.45, 7) is 0. The Morgan fingerprint density at radius 3 is 2.23 bits per heavy atom. The van der Waals surface area contributed by atoms with E-state index in [0.29, 0.717) is 18.6 Å². The first-order chi connectivity index (χ1) is 10.6. The molecule has 114 valence electrons. The average Bonchev–Trinajstić information content (AvgIpc) is 2.50. The van der Waals surface area contributed by atoms with Crippen molar-refractivity contribution in [3.63, 3.8) is 0 Å². The zero-order chi connectivity index (χ0) is 15.9. The number of rotatable bonds is 0. The Bertz CT molecular complexity index is 619. The second-order valence-electron chi connectivity index (χ2n) is 4.47. The Hall–Kier alpha value is -1.58. The SMILES string of the molecule is C#CC1CC(C#CC#CC2CC(C#C)OS(=O)O2)CS(=O)O1. The summed E-state index contributed by atoms with van der Waals surface area (Å²) < 4.78 is 37.5. The lowest BCUT2D eigenvalue weighted by Gasteiger charge is -2.21. The van der Waals surface area contributed by atoms with Gasteiger partial charge in [-0.1, -0.05) is 23.7 Å². The predicted molar refractivity (Wildman–Crippen MR) is 81.7 cm³/mol. The maximum Gasteiger partial charge on any atom is 0.307 e. The number of terminal acetylenes is 2. The van der Waals surface area contributed by atoms with Gasteiger partial charge in [-0.25, -0.2) is 4.21 Å². The molecule has 2 aliphatic rings. The molecular weight excluding hydrogens is 324 g/mol. The van der Waals surface area contributed by atoms with Gasteiger partial charge in [-0.3, -0.25) is 12.5 Å². The Kier molecular flexibility index (Phi) is 6.22. The normalized spacial score (nSPS) is 37.4. The molecule has 0 amide bonds. The first-order valence-electron chi connectivity index (χ1n) is 6.35. The molecule has 2 saturated heterocycles. The third kappa shape index (κ3) is 5.00. The van der Waals surface area contributed by atoms with Gasteiger partial charge >= 0.3 is 11.4 Å². The third-order valence-corrected chi connectivity index (χ3v) is 4.72. The summed E-state index contributed by atoms with van der Waals surface area (Å²) in [6.07, 6.45) is 9.67. The van der Waals surface area contributed by atoms with E-state index in [0.717, 1.165) is 0 Å². The highest BCUT2D eigenvalue weighted by Crippen LogP contribution is 2.18. The van der Waals surface area contributed by atoms with Crippen molar-refractivity contribution in [3.8, 4) is 48.4 Å². The first-order valence-corrected chi connectivity index (χ1v) is 8.60. The van der Waals surface area contributed by atoms with Gasteiger partial charge in [-0.05, 0) is 11.8 Å². The molecule has 2 fully saturated rings. The molecule has 0 spiro atoms. The van der Waals surface area contributed by atoms with Crippen molar-refractivity contribution in [2.75, 3.05) is 5.75 Å². The molecule has 0 N–H and O–H groups in total. The predicted octanol–water partition coefficient (Wildman–Crippen LogP) is 0.0812. The Balaban J connectivity index is 1.94. The van der Waals surface area contributed by atoms with E-state index >= 15 is 0 Å². The lowest BCUT2D eigenvalue weighted by molar-refractivity contribution is 0.116. The zero-order valence-electron chi connectivity index (χ0n) is 11.4. The van der Waals surface area contributed by atoms with Crippen LogP contribution in [0.4, 0.5) is 0 Å². The Morgan fingerprint density at radius 1 is 0.864 bits per heavy atom. The zero-order valence-corrected chi connectivity index (χ0v) is 13.1. The molecule has 0 saturated carbocycles. The molecule has 5 nitrogen and oxygen atoms in total. The topological polar surface area (TPSA) is 61.8 Å². The van der Waals surface area contributed by atoms with Crippen LogP contribution in [-0.2, 0) is 35.0 Å². The highest BCUT2D eigenvalue weighted by Gasteiger charge is 2.26. The van der Waals surface area contributed by atoms with Crippen LogP contribution < -0.4 is 0 Å². The summed E-state index contributed by atoms with van der Waals surface area (Å²) in [5.41, 5.74) is 0. The average molecular weight is 336 g/mol. The first kappa shape index (κ1) is 16.8. The summed E-state index contributed by atoms with van der Waals surface area (Å²) in [5, 5.41) is 0. The van der Waals surface area contributed by atoms with Crippen molar-refractivity contribution >= 4 is 22.4 Å². The van der Waals surface area contributed by atoms with E-state index < -0.39 is 40.8 Å². The van der Waals surface area contributed by atoms with Gasteiger partial charge in [0.15, 0.2) is 11.1 Å². The molecule has 0 aromatic rings. The molecule has 7 heteroatoms. The van der Waals surface area contributed by atoms with Crippen molar-refractivity contribution in [1.29, 1.82) is 0 Å². The van der Waals surface area contributed by atoms with Gasteiger partial charge < -0.3 is 0 Å². The molecule has 0 aromatic heterocycles. The van der Waals surface area contributed by atoms with Gasteiger partial charge in [0.25, 0.3) is 0 Å². The third-order valence-electron chi connectivity index (χ3n) is 2.82. The van der Waals surface area contributed by atoms with Crippen LogP contribution >= 0.6 is 0 Å². The van der Waals surface area contributed by atoms with Crippen LogP contribution in [0.25, 0.3) is 0 Å². The molecule has 6 atom stereocenters. The summed E-state index contributed by atoms with van der Waals surface area (Å²) in [5.74, 6) is 15.9. The second-order valence-corrected chi connectivity index (χ2v) is 6.40. The van der Waals surface area contributed by atoms with Crippen molar-refractivity contribution < 1.29 is 21.0 Å². The molecular formula is C15H12O5S2. The minimum Gasteiger partial charge on any atom is -0.274 e. The fraction of sp³-hybridized carbons (Fsp3) is 0.467. The van der Waals surface area contributed by atoms with Gasteiger partial charge in [0, 0.05) is 18.8 Å². The van der Waals surface area contributed by atoms with Crippen molar-refractivity contribution in [2.24, 2.45) is 5.92 Å². The molecule has 2 heterocycles. The minimum absolute atomic E-state index is 0.131. The second kappa shape index (κ2) is 8.16. The van der Waals surface area contributed by atoms with Gasteiger partial charge in [-0.2, -0.15) is 4.21 Å². The van der Waals surface area contributed by atoms with Crippen LogP contribution in [0.5, 0.6) is 0 Å². The molecule has 2 aliphatic heterocycles. The highest BCUT2D eigenvalue weighted by molar-refractivity contribution is 7.80. The fourth-order valence-electron chi connectivity index (χ4n) is 1.81. The molecule has 6 unspecified atom stereocenters. The van der Waals surface area contributed by atoms with Crippen LogP contribution in [0.15, 0.2) is 0 Å². The largest absolute Gasteiger partial charge is 0.307 e. The Morgan fingerprint density at radius 2 is 1.50 bits per heavy atom. The van der Waals surface area contributed by atoms with Crippen LogP contribution in [0.2, 0.25) is 0 Å². The van der Waals surface area contributed by atoms with Gasteiger partial charge in [-0.15, -0.1) is 12.8 Å². The van der Waals surface area contributed by atoms with E-state index in [1.165, 1.54) is 0 Å². The van der Waals surface area contributed by atoms with E-state index in [1.807, 2.05) is 0 Å². The van der Waals surface area contributed by atoms with Crippen molar-refractivity contribution in [1.82, 2.24) is 0 Å². The Labute approximate surface area is 135 Å². The minimum atomic E-state index is -1.89. The monoisotopic (exact) mass is 336 g/mol. The summed E-state index contributed by atoms with van der Waals surface area (Å²) in [4.78, 5) is 0. The summed E-state index contributed by atoms with van der Waals surface area (Å²) in [6, 6.07) is 0. The molecule has 22 heavy (non-hydrogen) atoms. The highest BCUT2D eigenvalue weighted by atomic mass is 32.2. The molecule has 0 bridgehead atoms. The lowest BCUT2D eigenvalue weighted by atomic mass is 10.0. The lowest BCUT2D eigenvalue weighted by Crippen LogP contribution is -2.30. The van der Waals surface area contributed by atoms with Crippen molar-refractivity contribution in [2.45, 2.75) is 31.2 Å². The van der Waals surface area contributed by atoms with Gasteiger partial charge in [0.1, 0.15) is 18.3 Å². The van der Waals surface area contributed by atoms with Gasteiger partial charge in [0.05, 0.1) is 5.75 Å². The van der Waals surface area contributed by atoms with Crippen molar-refractivity contribution in [3.05, 3.63) is 0 Å². The number of hydrogen-bond acceptors (Lipinski definition) is 5. The van der Waals surface area contributed by atoms with E-state index in [1.54, 1.807) is 0 Å². The molecule has 0 radical (unpaired) electrons. The molecule has 0 aromatic carbocycles. The maximum absolute atomic E-state index is 11.4. The van der Waals surface area contributed by atoms with Crippen LogP contribution in [-0.4, -0.2) is 32.5 Å². The van der Waals surface area contributed by atoms with E-state index in [-0.39, 0.29) is 5.92 Å². The van der Waals surface area contributed by atoms with Crippen LogP contribution in [0, 0.1) is 54.3 Å². The summed E-state index contributed by atoms with van der Waals surface area (Å²) in [7, 11) is 0. The van der Waals surface area contributed by atoms with Crippen LogP contribution in [0.3, 0.4) is 0 Å². The fourth-order valence-corrected chi connectivity index (χ4v) is 3.52. The number of hydrogen-bond donors (Lipinski definition) is 0. The summed E-state index contributed by atoms with van der Waals surface area (Å²) >= 11 is -3.31. The smallest absolute Gasteiger partial charge is 0.274 e. The van der Waals surface area contributed by atoms with Crippen LogP contribution in [0.1, 0.15) is 12.8 Å². The van der Waals surface area contributed by atoms with Gasteiger partial charge in [0.2, 0.25) is 0 Å². The van der Waals surface area contributed by atoms with E-state index in [4.69, 9.17) is 25.4 Å². The standard InChI is InChI=1S/C15H12O5S2/c1-3-13-9-12(11-21(16)18-13)7-5-6-8-15-10-14(4-2)19-22(17)20-15/h1-2,12-15H,9-11H2. The van der Waals surface area contributed by atoms with E-state index in [9.17, 15) is 8.42 Å². The maximum atomic E-state index is 11.4. The molecule has 0 aliphatic carbocycles.